The lowest BCUT2D eigenvalue weighted by molar-refractivity contribution is 0.0947. The highest BCUT2D eigenvalue weighted by molar-refractivity contribution is 7.13. The molecule has 22 heavy (non-hydrogen) atoms. The van der Waals surface area contributed by atoms with E-state index in [9.17, 15) is 4.79 Å². The van der Waals surface area contributed by atoms with Gasteiger partial charge >= 0.3 is 0 Å². The molecule has 1 N–H and O–H groups in total. The normalized spacial score (nSPS) is 10.4. The van der Waals surface area contributed by atoms with Crippen LogP contribution in [0.5, 0.6) is 5.75 Å². The number of aromatic nitrogens is 2. The average Bonchev–Trinajstić information content (AvgIpc) is 3.23. The summed E-state index contributed by atoms with van der Waals surface area (Å²) >= 11 is 1.52. The Labute approximate surface area is 130 Å². The highest BCUT2D eigenvalue weighted by Gasteiger charge is 2.11. The van der Waals surface area contributed by atoms with Crippen LogP contribution in [0.15, 0.2) is 46.2 Å². The zero-order valence-corrected chi connectivity index (χ0v) is 12.6. The molecule has 0 bridgehead atoms. The smallest absolute Gasteiger partial charge is 0.257 e. The largest absolute Gasteiger partial charge is 0.497 e. The van der Waals surface area contributed by atoms with Crippen LogP contribution in [0.2, 0.25) is 0 Å². The van der Waals surface area contributed by atoms with E-state index >= 15 is 0 Å². The maximum absolute atomic E-state index is 12.1. The summed E-state index contributed by atoms with van der Waals surface area (Å²) in [6.07, 6.45) is 0. The molecular formula is C15H13N3O3S. The molecule has 3 aromatic rings. The first-order valence-electron chi connectivity index (χ1n) is 6.55. The van der Waals surface area contributed by atoms with Gasteiger partial charge in [-0.2, -0.15) is 0 Å². The third-order valence-electron chi connectivity index (χ3n) is 2.93. The van der Waals surface area contributed by atoms with Crippen molar-refractivity contribution in [2.24, 2.45) is 0 Å². The number of nitrogens with zero attached hydrogens (tertiary/aromatic N) is 2. The molecule has 0 saturated carbocycles. The van der Waals surface area contributed by atoms with E-state index in [1.165, 1.54) is 11.3 Å². The number of nitrogens with one attached hydrogen (secondary N) is 1. The zero-order valence-electron chi connectivity index (χ0n) is 11.8. The van der Waals surface area contributed by atoms with E-state index in [2.05, 4.69) is 15.5 Å². The third kappa shape index (κ3) is 3.15. The quantitative estimate of drug-likeness (QED) is 0.783. The summed E-state index contributed by atoms with van der Waals surface area (Å²) in [4.78, 5) is 13.0. The summed E-state index contributed by atoms with van der Waals surface area (Å²) in [7, 11) is 1.56. The Bertz CT molecular complexity index is 768. The fraction of sp³-hybridized carbons (Fsp3) is 0.133. The molecule has 7 heteroatoms. The average molecular weight is 315 g/mol. The van der Waals surface area contributed by atoms with Crippen LogP contribution in [0.4, 0.5) is 0 Å². The number of hydrogen-bond acceptors (Lipinski definition) is 6. The number of carbonyl (C=O) groups excluding carboxylic acids is 1. The maximum Gasteiger partial charge on any atom is 0.257 e. The fourth-order valence-corrected chi connectivity index (χ4v) is 2.49. The lowest BCUT2D eigenvalue weighted by Gasteiger charge is -2.04. The number of methoxy groups -OCH3 is 1. The molecule has 0 aliphatic rings. The highest BCUT2D eigenvalue weighted by Crippen LogP contribution is 2.22. The van der Waals surface area contributed by atoms with Gasteiger partial charge in [-0.3, -0.25) is 4.79 Å². The first kappa shape index (κ1) is 14.3. The second-order valence-electron chi connectivity index (χ2n) is 4.39. The Balaban J connectivity index is 1.63. The van der Waals surface area contributed by atoms with Crippen molar-refractivity contribution in [1.82, 2.24) is 15.5 Å². The molecule has 6 nitrogen and oxygen atoms in total. The summed E-state index contributed by atoms with van der Waals surface area (Å²) in [5, 5.41) is 12.6. The molecule has 0 atom stereocenters. The van der Waals surface area contributed by atoms with E-state index in [1.54, 1.807) is 31.4 Å². The van der Waals surface area contributed by atoms with Crippen molar-refractivity contribution >= 4 is 17.2 Å². The topological polar surface area (TPSA) is 77.2 Å². The van der Waals surface area contributed by atoms with Crippen LogP contribution in [0.1, 0.15) is 16.2 Å². The predicted octanol–water partition coefficient (Wildman–Crippen LogP) is 2.74. The summed E-state index contributed by atoms with van der Waals surface area (Å²) in [6, 6.07) is 10.7. The van der Waals surface area contributed by atoms with Crippen molar-refractivity contribution in [3.63, 3.8) is 0 Å². The van der Waals surface area contributed by atoms with Gasteiger partial charge in [0.1, 0.15) is 5.75 Å². The summed E-state index contributed by atoms with van der Waals surface area (Å²) < 4.78 is 10.6. The number of thiophene rings is 1. The number of benzene rings is 1. The monoisotopic (exact) mass is 315 g/mol. The van der Waals surface area contributed by atoms with Crippen molar-refractivity contribution in [2.45, 2.75) is 6.54 Å². The second-order valence-corrected chi connectivity index (χ2v) is 5.34. The van der Waals surface area contributed by atoms with Crippen molar-refractivity contribution in [3.8, 4) is 16.5 Å². The van der Waals surface area contributed by atoms with E-state index in [1.807, 2.05) is 17.5 Å². The molecule has 0 aliphatic heterocycles. The van der Waals surface area contributed by atoms with Crippen LogP contribution in [0, 0.1) is 0 Å². The molecule has 1 aromatic carbocycles. The van der Waals surface area contributed by atoms with Crippen LogP contribution >= 0.6 is 11.3 Å². The Morgan fingerprint density at radius 3 is 3.00 bits per heavy atom. The minimum absolute atomic E-state index is 0.175. The number of ether oxygens (including phenoxy) is 1. The summed E-state index contributed by atoms with van der Waals surface area (Å²) in [5.41, 5.74) is 0.511. The van der Waals surface area contributed by atoms with E-state index in [4.69, 9.17) is 9.15 Å². The molecule has 0 aliphatic carbocycles. The van der Waals surface area contributed by atoms with Gasteiger partial charge in [0.15, 0.2) is 0 Å². The summed E-state index contributed by atoms with van der Waals surface area (Å²) in [6.45, 7) is 0.175. The first-order valence-corrected chi connectivity index (χ1v) is 7.43. The van der Waals surface area contributed by atoms with E-state index in [0.717, 1.165) is 4.88 Å². The van der Waals surface area contributed by atoms with Crippen molar-refractivity contribution in [1.29, 1.82) is 0 Å². The van der Waals surface area contributed by atoms with E-state index in [0.29, 0.717) is 23.1 Å². The van der Waals surface area contributed by atoms with Gasteiger partial charge in [0, 0.05) is 5.56 Å². The van der Waals surface area contributed by atoms with Crippen LogP contribution in [0.25, 0.3) is 10.8 Å². The van der Waals surface area contributed by atoms with Crippen LogP contribution in [-0.4, -0.2) is 23.2 Å². The van der Waals surface area contributed by atoms with Crippen molar-refractivity contribution in [2.75, 3.05) is 7.11 Å². The Morgan fingerprint density at radius 1 is 1.32 bits per heavy atom. The van der Waals surface area contributed by atoms with E-state index in [-0.39, 0.29) is 12.5 Å². The molecule has 0 spiro atoms. The molecule has 2 heterocycles. The second kappa shape index (κ2) is 6.40. The molecule has 1 amide bonds. The number of rotatable bonds is 5. The SMILES string of the molecule is COc1cccc(C(=O)NCc2nnc(-c3cccs3)o2)c1. The molecule has 0 fully saturated rings. The lowest BCUT2D eigenvalue weighted by atomic mass is 10.2. The molecule has 0 radical (unpaired) electrons. The van der Waals surface area contributed by atoms with Crippen molar-refractivity contribution in [3.05, 3.63) is 53.2 Å². The Morgan fingerprint density at radius 2 is 2.23 bits per heavy atom. The van der Waals surface area contributed by atoms with Gasteiger partial charge in [0.25, 0.3) is 11.8 Å². The molecule has 2 aromatic heterocycles. The van der Waals surface area contributed by atoms with Gasteiger partial charge in [0.2, 0.25) is 5.89 Å². The molecule has 0 unspecified atom stereocenters. The number of hydrogen-bond donors (Lipinski definition) is 1. The minimum atomic E-state index is -0.227. The van der Waals surface area contributed by atoms with Crippen molar-refractivity contribution < 1.29 is 13.9 Å². The minimum Gasteiger partial charge on any atom is -0.497 e. The summed E-state index contributed by atoms with van der Waals surface area (Å²) in [5.74, 6) is 1.22. The van der Waals surface area contributed by atoms with Crippen LogP contribution in [-0.2, 0) is 6.54 Å². The van der Waals surface area contributed by atoms with Crippen LogP contribution in [0.3, 0.4) is 0 Å². The zero-order chi connectivity index (χ0) is 15.4. The molecule has 112 valence electrons. The van der Waals surface area contributed by atoms with Gasteiger partial charge in [-0.05, 0) is 29.6 Å². The Hall–Kier alpha value is -2.67. The standard InChI is InChI=1S/C15H13N3O3S/c1-20-11-5-2-4-10(8-11)14(19)16-9-13-17-18-15(21-13)12-6-3-7-22-12/h2-8H,9H2,1H3,(H,16,19). The van der Waals surface area contributed by atoms with E-state index < -0.39 is 0 Å². The van der Waals surface area contributed by atoms with Gasteiger partial charge in [0.05, 0.1) is 18.5 Å². The lowest BCUT2D eigenvalue weighted by Crippen LogP contribution is -2.22. The third-order valence-corrected chi connectivity index (χ3v) is 3.79. The number of carbonyl (C=O) groups is 1. The highest BCUT2D eigenvalue weighted by atomic mass is 32.1. The number of amides is 1. The fourth-order valence-electron chi connectivity index (χ4n) is 1.85. The first-order chi connectivity index (χ1) is 10.8. The maximum atomic E-state index is 12.1. The molecule has 3 rings (SSSR count). The predicted molar refractivity (Wildman–Crippen MR) is 81.8 cm³/mol. The van der Waals surface area contributed by atoms with Crippen LogP contribution < -0.4 is 10.1 Å². The Kier molecular flexibility index (Phi) is 4.15. The van der Waals surface area contributed by atoms with Gasteiger partial charge in [-0.25, -0.2) is 0 Å². The molecule has 0 saturated heterocycles. The molecular weight excluding hydrogens is 302 g/mol. The van der Waals surface area contributed by atoms with Gasteiger partial charge < -0.3 is 14.5 Å². The van der Waals surface area contributed by atoms with Gasteiger partial charge in [-0.15, -0.1) is 21.5 Å². The van der Waals surface area contributed by atoms with Gasteiger partial charge in [-0.1, -0.05) is 12.1 Å².